The van der Waals surface area contributed by atoms with Crippen molar-refractivity contribution in [2.75, 3.05) is 7.11 Å². The molecule has 86 valence electrons. The summed E-state index contributed by atoms with van der Waals surface area (Å²) in [5.74, 6) is -0.861. The molecule has 1 rings (SSSR count). The molecule has 4 heteroatoms. The maximum Gasteiger partial charge on any atom is 0.371 e. The summed E-state index contributed by atoms with van der Waals surface area (Å²) in [7, 11) is 1.60. The molecule has 0 heterocycles. The molecule has 4 nitrogen and oxygen atoms in total. The molecule has 16 heavy (non-hydrogen) atoms. The van der Waals surface area contributed by atoms with Crippen LogP contribution in [0.3, 0.4) is 0 Å². The SMILES string of the molecule is COCc1ccccc1C(C)OC(=O)C=O. The number of carbonyl (C=O) groups excluding carboxylic acids is 2. The Hall–Kier alpha value is -1.68. The van der Waals surface area contributed by atoms with E-state index in [1.165, 1.54) is 0 Å². The Morgan fingerprint density at radius 3 is 2.75 bits per heavy atom. The lowest BCUT2D eigenvalue weighted by molar-refractivity contribution is -0.152. The van der Waals surface area contributed by atoms with Gasteiger partial charge in [0, 0.05) is 7.11 Å². The fourth-order valence-corrected chi connectivity index (χ4v) is 1.48. The van der Waals surface area contributed by atoms with Gasteiger partial charge in [-0.15, -0.1) is 0 Å². The second-order valence-electron chi connectivity index (χ2n) is 3.33. The summed E-state index contributed by atoms with van der Waals surface area (Å²) in [5.41, 5.74) is 1.79. The van der Waals surface area contributed by atoms with Crippen molar-refractivity contribution in [2.45, 2.75) is 19.6 Å². The number of esters is 1. The summed E-state index contributed by atoms with van der Waals surface area (Å²) in [5, 5.41) is 0. The third kappa shape index (κ3) is 3.17. The molecule has 0 N–H and O–H groups in total. The first-order chi connectivity index (χ1) is 7.69. The van der Waals surface area contributed by atoms with Gasteiger partial charge in [-0.25, -0.2) is 4.79 Å². The van der Waals surface area contributed by atoms with Crippen molar-refractivity contribution in [3.63, 3.8) is 0 Å². The van der Waals surface area contributed by atoms with Gasteiger partial charge in [0.25, 0.3) is 0 Å². The number of hydrogen-bond donors (Lipinski definition) is 0. The zero-order chi connectivity index (χ0) is 12.0. The molecule has 0 spiro atoms. The highest BCUT2D eigenvalue weighted by Gasteiger charge is 2.13. The fraction of sp³-hybridized carbons (Fsp3) is 0.333. The Balaban J connectivity index is 2.84. The van der Waals surface area contributed by atoms with Crippen LogP contribution in [0.15, 0.2) is 24.3 Å². The summed E-state index contributed by atoms with van der Waals surface area (Å²) in [6.45, 7) is 2.16. The fourth-order valence-electron chi connectivity index (χ4n) is 1.48. The summed E-state index contributed by atoms with van der Waals surface area (Å²) < 4.78 is 9.95. The highest BCUT2D eigenvalue weighted by atomic mass is 16.5. The third-order valence-corrected chi connectivity index (χ3v) is 2.18. The Morgan fingerprint density at radius 2 is 2.12 bits per heavy atom. The first kappa shape index (κ1) is 12.4. The average molecular weight is 222 g/mol. The second kappa shape index (κ2) is 6.02. The molecule has 0 fully saturated rings. The van der Waals surface area contributed by atoms with Gasteiger partial charge < -0.3 is 9.47 Å². The molecular formula is C12H14O4. The highest BCUT2D eigenvalue weighted by molar-refractivity contribution is 6.20. The normalized spacial score (nSPS) is 11.9. The summed E-state index contributed by atoms with van der Waals surface area (Å²) in [6, 6.07) is 7.47. The topological polar surface area (TPSA) is 52.6 Å². The van der Waals surface area contributed by atoms with E-state index in [0.717, 1.165) is 11.1 Å². The maximum atomic E-state index is 10.8. The summed E-state index contributed by atoms with van der Waals surface area (Å²) >= 11 is 0. The van der Waals surface area contributed by atoms with Crippen LogP contribution < -0.4 is 0 Å². The summed E-state index contributed by atoms with van der Waals surface area (Å²) in [6.07, 6.45) is -0.292. The van der Waals surface area contributed by atoms with Gasteiger partial charge in [-0.05, 0) is 18.1 Å². The Morgan fingerprint density at radius 1 is 1.44 bits per heavy atom. The van der Waals surface area contributed by atoms with Crippen LogP contribution in [-0.2, 0) is 25.7 Å². The number of benzene rings is 1. The average Bonchev–Trinajstić information content (AvgIpc) is 2.30. The number of hydrogen-bond acceptors (Lipinski definition) is 4. The van der Waals surface area contributed by atoms with Crippen LogP contribution in [0.2, 0.25) is 0 Å². The van der Waals surface area contributed by atoms with Gasteiger partial charge in [0.05, 0.1) is 6.61 Å². The van der Waals surface area contributed by atoms with Crippen molar-refractivity contribution < 1.29 is 19.1 Å². The van der Waals surface area contributed by atoms with Crippen LogP contribution in [0.1, 0.15) is 24.2 Å². The Kier molecular flexibility index (Phi) is 4.66. The van der Waals surface area contributed by atoms with E-state index in [0.29, 0.717) is 6.61 Å². The third-order valence-electron chi connectivity index (χ3n) is 2.18. The zero-order valence-electron chi connectivity index (χ0n) is 9.30. The van der Waals surface area contributed by atoms with Crippen LogP contribution >= 0.6 is 0 Å². The molecule has 0 aliphatic rings. The van der Waals surface area contributed by atoms with Crippen molar-refractivity contribution in [3.05, 3.63) is 35.4 Å². The lowest BCUT2D eigenvalue weighted by Gasteiger charge is -2.15. The molecule has 1 unspecified atom stereocenters. The van der Waals surface area contributed by atoms with E-state index >= 15 is 0 Å². The molecule has 1 aromatic rings. The number of aldehydes is 1. The van der Waals surface area contributed by atoms with Crippen LogP contribution in [0.5, 0.6) is 0 Å². The van der Waals surface area contributed by atoms with E-state index in [4.69, 9.17) is 9.47 Å². The summed E-state index contributed by atoms with van der Waals surface area (Å²) in [4.78, 5) is 21.0. The van der Waals surface area contributed by atoms with E-state index < -0.39 is 12.1 Å². The molecule has 0 aromatic heterocycles. The number of ether oxygens (including phenoxy) is 2. The highest BCUT2D eigenvalue weighted by Crippen LogP contribution is 2.21. The predicted molar refractivity (Wildman–Crippen MR) is 57.7 cm³/mol. The van der Waals surface area contributed by atoms with Crippen molar-refractivity contribution in [1.29, 1.82) is 0 Å². The first-order valence-electron chi connectivity index (χ1n) is 4.91. The lowest BCUT2D eigenvalue weighted by atomic mass is 10.0. The molecule has 0 aliphatic carbocycles. The van der Waals surface area contributed by atoms with Gasteiger partial charge in [-0.2, -0.15) is 0 Å². The minimum atomic E-state index is -0.861. The van der Waals surface area contributed by atoms with E-state index in [9.17, 15) is 9.59 Å². The first-order valence-corrected chi connectivity index (χ1v) is 4.91. The van der Waals surface area contributed by atoms with E-state index in [1.54, 1.807) is 14.0 Å². The quantitative estimate of drug-likeness (QED) is 0.431. The molecule has 0 amide bonds. The molecule has 0 bridgehead atoms. The van der Waals surface area contributed by atoms with E-state index in [2.05, 4.69) is 0 Å². The second-order valence-corrected chi connectivity index (χ2v) is 3.33. The number of methoxy groups -OCH3 is 1. The van der Waals surface area contributed by atoms with Crippen LogP contribution in [0.4, 0.5) is 0 Å². The van der Waals surface area contributed by atoms with Gasteiger partial charge in [0.2, 0.25) is 6.29 Å². The molecule has 0 aliphatic heterocycles. The largest absolute Gasteiger partial charge is 0.452 e. The predicted octanol–water partition coefficient (Wildman–Crippen LogP) is 1.64. The minimum Gasteiger partial charge on any atom is -0.452 e. The van der Waals surface area contributed by atoms with Crippen molar-refractivity contribution in [2.24, 2.45) is 0 Å². The van der Waals surface area contributed by atoms with Crippen LogP contribution in [0.25, 0.3) is 0 Å². The van der Waals surface area contributed by atoms with Gasteiger partial charge >= 0.3 is 5.97 Å². The number of carbonyl (C=O) groups is 2. The molecular weight excluding hydrogens is 208 g/mol. The molecule has 0 radical (unpaired) electrons. The lowest BCUT2D eigenvalue weighted by Crippen LogP contribution is -2.11. The van der Waals surface area contributed by atoms with Crippen molar-refractivity contribution >= 4 is 12.3 Å². The van der Waals surface area contributed by atoms with Gasteiger partial charge in [-0.1, -0.05) is 24.3 Å². The standard InChI is InChI=1S/C12H14O4/c1-9(16-12(14)7-13)11-6-4-3-5-10(11)8-15-2/h3-7,9H,8H2,1-2H3. The van der Waals surface area contributed by atoms with Crippen molar-refractivity contribution in [3.8, 4) is 0 Å². The molecule has 0 saturated carbocycles. The monoisotopic (exact) mass is 222 g/mol. The van der Waals surface area contributed by atoms with E-state index in [-0.39, 0.29) is 6.29 Å². The maximum absolute atomic E-state index is 10.8. The van der Waals surface area contributed by atoms with Gasteiger partial charge in [0.15, 0.2) is 0 Å². The number of rotatable bonds is 5. The van der Waals surface area contributed by atoms with Gasteiger partial charge in [-0.3, -0.25) is 4.79 Å². The minimum absolute atomic E-state index is 0.162. The smallest absolute Gasteiger partial charge is 0.371 e. The van der Waals surface area contributed by atoms with Crippen LogP contribution in [-0.4, -0.2) is 19.4 Å². The van der Waals surface area contributed by atoms with Crippen molar-refractivity contribution in [1.82, 2.24) is 0 Å². The zero-order valence-corrected chi connectivity index (χ0v) is 9.30. The van der Waals surface area contributed by atoms with E-state index in [1.807, 2.05) is 24.3 Å². The Labute approximate surface area is 94.2 Å². The molecule has 0 saturated heterocycles. The Bertz CT molecular complexity index is 373. The van der Waals surface area contributed by atoms with Crippen LogP contribution in [0, 0.1) is 0 Å². The molecule has 1 aromatic carbocycles. The van der Waals surface area contributed by atoms with Gasteiger partial charge in [0.1, 0.15) is 6.10 Å². The molecule has 1 atom stereocenters.